The molecule has 0 aliphatic heterocycles. The molecule has 0 saturated carbocycles. The Morgan fingerprint density at radius 1 is 0.889 bits per heavy atom. The van der Waals surface area contributed by atoms with Crippen LogP contribution >= 0.6 is 23.2 Å². The van der Waals surface area contributed by atoms with Crippen molar-refractivity contribution < 1.29 is 0 Å². The lowest BCUT2D eigenvalue weighted by molar-refractivity contribution is 1.03. The van der Waals surface area contributed by atoms with Crippen LogP contribution in [-0.2, 0) is 0 Å². The second-order valence-corrected chi connectivity index (χ2v) is 4.49. The summed E-state index contributed by atoms with van der Waals surface area (Å²) in [5, 5.41) is 9.19. The van der Waals surface area contributed by atoms with Crippen LogP contribution in [0.5, 0.6) is 0 Å². The normalized spacial score (nSPS) is 10.8. The van der Waals surface area contributed by atoms with Gasteiger partial charge in [-0.1, -0.05) is 41.4 Å². The number of hydrogen-bond acceptors (Lipinski definition) is 3. The minimum absolute atomic E-state index is 0.315. The Bertz CT molecular complexity index is 723. The Labute approximate surface area is 113 Å². The molecule has 3 nitrogen and oxygen atoms in total. The molecule has 0 radical (unpaired) electrons. The first-order valence-corrected chi connectivity index (χ1v) is 6.04. The minimum Gasteiger partial charge on any atom is -0.256 e. The van der Waals surface area contributed by atoms with E-state index in [1.54, 1.807) is 12.3 Å². The van der Waals surface area contributed by atoms with Crippen LogP contribution in [-0.4, -0.2) is 15.2 Å². The van der Waals surface area contributed by atoms with Crippen molar-refractivity contribution in [2.24, 2.45) is 0 Å². The second-order valence-electron chi connectivity index (χ2n) is 3.75. The van der Waals surface area contributed by atoms with Gasteiger partial charge in [0.2, 0.25) is 0 Å². The average Bonchev–Trinajstić information content (AvgIpc) is 2.41. The van der Waals surface area contributed by atoms with E-state index in [1.165, 1.54) is 0 Å². The standard InChI is InChI=1S/C13H7Cl2N3/c14-12-7-10(13(15)18-17-12)8-3-1-5-11-9(8)4-2-6-16-11/h1-7H. The van der Waals surface area contributed by atoms with Gasteiger partial charge in [-0.3, -0.25) is 4.98 Å². The highest BCUT2D eigenvalue weighted by Gasteiger charge is 2.10. The van der Waals surface area contributed by atoms with E-state index in [4.69, 9.17) is 23.2 Å². The molecule has 0 unspecified atom stereocenters. The molecule has 0 fully saturated rings. The van der Waals surface area contributed by atoms with Gasteiger partial charge in [0.25, 0.3) is 0 Å². The number of pyridine rings is 1. The van der Waals surface area contributed by atoms with Crippen LogP contribution < -0.4 is 0 Å². The average molecular weight is 276 g/mol. The van der Waals surface area contributed by atoms with Crippen LogP contribution in [0.25, 0.3) is 22.0 Å². The molecule has 0 aliphatic carbocycles. The van der Waals surface area contributed by atoms with Crippen molar-refractivity contribution in [2.75, 3.05) is 0 Å². The maximum Gasteiger partial charge on any atom is 0.159 e. The Morgan fingerprint density at radius 3 is 2.67 bits per heavy atom. The highest BCUT2D eigenvalue weighted by atomic mass is 35.5. The number of nitrogens with zero attached hydrogens (tertiary/aromatic N) is 3. The fourth-order valence-corrected chi connectivity index (χ4v) is 2.22. The second kappa shape index (κ2) is 4.52. The van der Waals surface area contributed by atoms with Crippen molar-refractivity contribution in [2.45, 2.75) is 0 Å². The van der Waals surface area contributed by atoms with E-state index in [-0.39, 0.29) is 0 Å². The van der Waals surface area contributed by atoms with E-state index in [2.05, 4.69) is 15.2 Å². The predicted octanol–water partition coefficient (Wildman–Crippen LogP) is 4.00. The molecule has 3 rings (SSSR count). The molecule has 18 heavy (non-hydrogen) atoms. The van der Waals surface area contributed by atoms with E-state index in [0.29, 0.717) is 10.3 Å². The Balaban J connectivity index is 2.35. The van der Waals surface area contributed by atoms with Gasteiger partial charge >= 0.3 is 0 Å². The number of aromatic nitrogens is 3. The van der Waals surface area contributed by atoms with E-state index < -0.39 is 0 Å². The lowest BCUT2D eigenvalue weighted by atomic mass is 10.0. The fraction of sp³-hybridized carbons (Fsp3) is 0. The molecule has 0 amide bonds. The summed E-state index contributed by atoms with van der Waals surface area (Å²) in [6.45, 7) is 0. The van der Waals surface area contributed by atoms with Crippen LogP contribution in [0, 0.1) is 0 Å². The summed E-state index contributed by atoms with van der Waals surface area (Å²) in [6.07, 6.45) is 1.76. The summed E-state index contributed by atoms with van der Waals surface area (Å²) in [5.74, 6) is 0. The number of rotatable bonds is 1. The molecule has 2 aromatic heterocycles. The molecule has 0 bridgehead atoms. The third kappa shape index (κ3) is 1.92. The van der Waals surface area contributed by atoms with Gasteiger partial charge in [-0.15, -0.1) is 10.2 Å². The predicted molar refractivity (Wildman–Crippen MR) is 72.8 cm³/mol. The topological polar surface area (TPSA) is 38.7 Å². The number of benzene rings is 1. The molecule has 3 aromatic rings. The summed E-state index contributed by atoms with van der Waals surface area (Å²) in [4.78, 5) is 4.31. The van der Waals surface area contributed by atoms with Gasteiger partial charge in [-0.05, 0) is 23.8 Å². The van der Waals surface area contributed by atoms with Gasteiger partial charge in [0.1, 0.15) is 0 Å². The molecule has 1 aromatic carbocycles. The van der Waals surface area contributed by atoms with Gasteiger partial charge in [0.05, 0.1) is 5.52 Å². The van der Waals surface area contributed by atoms with Crippen LogP contribution in [0.3, 0.4) is 0 Å². The van der Waals surface area contributed by atoms with Crippen molar-refractivity contribution >= 4 is 34.1 Å². The zero-order valence-corrected chi connectivity index (χ0v) is 10.7. The van der Waals surface area contributed by atoms with Crippen molar-refractivity contribution in [1.82, 2.24) is 15.2 Å². The Kier molecular flexibility index (Phi) is 2.86. The molecule has 2 heterocycles. The van der Waals surface area contributed by atoms with E-state index >= 15 is 0 Å². The lowest BCUT2D eigenvalue weighted by Crippen LogP contribution is -1.89. The van der Waals surface area contributed by atoms with E-state index in [0.717, 1.165) is 22.0 Å². The third-order valence-electron chi connectivity index (χ3n) is 2.65. The van der Waals surface area contributed by atoms with Crippen molar-refractivity contribution in [1.29, 1.82) is 0 Å². The molecular formula is C13H7Cl2N3. The Morgan fingerprint density at radius 2 is 1.78 bits per heavy atom. The first kappa shape index (κ1) is 11.4. The largest absolute Gasteiger partial charge is 0.256 e. The van der Waals surface area contributed by atoms with Crippen molar-refractivity contribution in [3.05, 3.63) is 52.9 Å². The number of halogens is 2. The molecule has 0 atom stereocenters. The smallest absolute Gasteiger partial charge is 0.159 e. The Hall–Kier alpha value is -1.71. The summed E-state index contributed by atoms with van der Waals surface area (Å²) in [7, 11) is 0. The summed E-state index contributed by atoms with van der Waals surface area (Å²) in [5.41, 5.74) is 2.61. The summed E-state index contributed by atoms with van der Waals surface area (Å²) in [6, 6.07) is 11.4. The zero-order chi connectivity index (χ0) is 12.5. The van der Waals surface area contributed by atoms with Crippen LogP contribution in [0.1, 0.15) is 0 Å². The van der Waals surface area contributed by atoms with Gasteiger partial charge in [-0.25, -0.2) is 0 Å². The SMILES string of the molecule is Clc1cc(-c2cccc3ncccc23)c(Cl)nn1. The highest BCUT2D eigenvalue weighted by Crippen LogP contribution is 2.32. The van der Waals surface area contributed by atoms with E-state index in [1.807, 2.05) is 30.3 Å². The zero-order valence-electron chi connectivity index (χ0n) is 9.14. The summed E-state index contributed by atoms with van der Waals surface area (Å²) < 4.78 is 0. The molecular weight excluding hydrogens is 269 g/mol. The van der Waals surface area contributed by atoms with Crippen molar-refractivity contribution in [3.8, 4) is 11.1 Å². The van der Waals surface area contributed by atoms with E-state index in [9.17, 15) is 0 Å². The lowest BCUT2D eigenvalue weighted by Gasteiger charge is -2.07. The van der Waals surface area contributed by atoms with Gasteiger partial charge in [0.15, 0.2) is 10.3 Å². The molecule has 0 spiro atoms. The summed E-state index contributed by atoms with van der Waals surface area (Å²) >= 11 is 11.9. The fourth-order valence-electron chi connectivity index (χ4n) is 1.88. The minimum atomic E-state index is 0.315. The maximum absolute atomic E-state index is 6.08. The molecule has 0 aliphatic rings. The van der Waals surface area contributed by atoms with Crippen LogP contribution in [0.2, 0.25) is 10.3 Å². The quantitative estimate of drug-likeness (QED) is 0.674. The third-order valence-corrected chi connectivity index (χ3v) is 3.12. The highest BCUT2D eigenvalue weighted by molar-refractivity contribution is 6.33. The molecule has 5 heteroatoms. The molecule has 0 N–H and O–H groups in total. The van der Waals surface area contributed by atoms with Gasteiger partial charge < -0.3 is 0 Å². The van der Waals surface area contributed by atoms with Crippen LogP contribution in [0.4, 0.5) is 0 Å². The number of fused-ring (bicyclic) bond motifs is 1. The maximum atomic E-state index is 6.08. The monoisotopic (exact) mass is 275 g/mol. The van der Waals surface area contributed by atoms with Crippen molar-refractivity contribution in [3.63, 3.8) is 0 Å². The first-order chi connectivity index (χ1) is 8.75. The molecule has 88 valence electrons. The first-order valence-electron chi connectivity index (χ1n) is 5.28. The van der Waals surface area contributed by atoms with Gasteiger partial charge in [0, 0.05) is 17.1 Å². The van der Waals surface area contributed by atoms with Crippen LogP contribution in [0.15, 0.2) is 42.6 Å². The molecule has 0 saturated heterocycles. The van der Waals surface area contributed by atoms with Gasteiger partial charge in [-0.2, -0.15) is 0 Å². The number of hydrogen-bond donors (Lipinski definition) is 0.